The highest BCUT2D eigenvalue weighted by Gasteiger charge is 2.30. The van der Waals surface area contributed by atoms with Gasteiger partial charge in [-0.2, -0.15) is 0 Å². The zero-order chi connectivity index (χ0) is 12.4. The molecule has 2 heterocycles. The van der Waals surface area contributed by atoms with Crippen molar-refractivity contribution in [1.82, 2.24) is 4.90 Å². The molecular weight excluding hydrogens is 306 g/mol. The SMILES string of the molecule is CC1COC(CO)CN1C(=O)c1csc(Br)c1. The number of aliphatic hydroxyl groups excluding tert-OH is 1. The van der Waals surface area contributed by atoms with Crippen molar-refractivity contribution < 1.29 is 14.6 Å². The summed E-state index contributed by atoms with van der Waals surface area (Å²) in [5, 5.41) is 10.9. The molecule has 0 saturated carbocycles. The standard InChI is InChI=1S/C11H14BrNO3S/c1-7-5-16-9(4-14)3-13(7)11(15)8-2-10(12)17-6-8/h2,6-7,9,14H,3-5H2,1H3. The first-order valence-electron chi connectivity index (χ1n) is 5.39. The molecule has 1 saturated heterocycles. The van der Waals surface area contributed by atoms with Crippen LogP contribution in [0.25, 0.3) is 0 Å². The minimum atomic E-state index is -0.266. The Labute approximate surface area is 112 Å². The lowest BCUT2D eigenvalue weighted by molar-refractivity contribution is -0.0667. The van der Waals surface area contributed by atoms with E-state index in [0.29, 0.717) is 18.7 Å². The van der Waals surface area contributed by atoms with Crippen LogP contribution in [0.2, 0.25) is 0 Å². The molecule has 94 valence electrons. The molecule has 6 heteroatoms. The van der Waals surface area contributed by atoms with E-state index in [0.717, 1.165) is 3.79 Å². The Hall–Kier alpha value is -0.430. The minimum Gasteiger partial charge on any atom is -0.394 e. The van der Waals surface area contributed by atoms with Crippen molar-refractivity contribution in [3.8, 4) is 0 Å². The van der Waals surface area contributed by atoms with Gasteiger partial charge in [-0.25, -0.2) is 0 Å². The molecule has 1 aliphatic rings. The molecule has 2 rings (SSSR count). The first-order chi connectivity index (χ1) is 8.11. The number of hydrogen-bond donors (Lipinski definition) is 1. The average Bonchev–Trinajstić information content (AvgIpc) is 2.76. The number of aliphatic hydroxyl groups is 1. The Balaban J connectivity index is 2.12. The van der Waals surface area contributed by atoms with E-state index in [1.165, 1.54) is 11.3 Å². The van der Waals surface area contributed by atoms with Crippen LogP contribution in [-0.2, 0) is 4.74 Å². The maximum atomic E-state index is 12.3. The zero-order valence-corrected chi connectivity index (χ0v) is 11.8. The third-order valence-electron chi connectivity index (χ3n) is 2.78. The number of hydrogen-bond acceptors (Lipinski definition) is 4. The molecule has 1 amide bonds. The summed E-state index contributed by atoms with van der Waals surface area (Å²) in [5.74, 6) is 0.00111. The molecular formula is C11H14BrNO3S. The maximum Gasteiger partial charge on any atom is 0.255 e. The summed E-state index contributed by atoms with van der Waals surface area (Å²) in [6.45, 7) is 2.82. The Kier molecular flexibility index (Phi) is 4.19. The van der Waals surface area contributed by atoms with Crippen LogP contribution in [0.3, 0.4) is 0 Å². The number of thiophene rings is 1. The lowest BCUT2D eigenvalue weighted by Gasteiger charge is -2.37. The van der Waals surface area contributed by atoms with Crippen molar-refractivity contribution in [2.75, 3.05) is 19.8 Å². The van der Waals surface area contributed by atoms with Crippen LogP contribution in [0.4, 0.5) is 0 Å². The number of ether oxygens (including phenoxy) is 1. The first-order valence-corrected chi connectivity index (χ1v) is 7.06. The van der Waals surface area contributed by atoms with Gasteiger partial charge >= 0.3 is 0 Å². The van der Waals surface area contributed by atoms with Gasteiger partial charge in [-0.3, -0.25) is 4.79 Å². The van der Waals surface area contributed by atoms with Crippen LogP contribution >= 0.6 is 27.3 Å². The van der Waals surface area contributed by atoms with Gasteiger partial charge in [-0.05, 0) is 28.9 Å². The highest BCUT2D eigenvalue weighted by atomic mass is 79.9. The number of carbonyl (C=O) groups is 1. The quantitative estimate of drug-likeness (QED) is 0.903. The maximum absolute atomic E-state index is 12.3. The topological polar surface area (TPSA) is 49.8 Å². The number of carbonyl (C=O) groups excluding carboxylic acids is 1. The lowest BCUT2D eigenvalue weighted by atomic mass is 10.1. The van der Waals surface area contributed by atoms with Gasteiger partial charge in [0.1, 0.15) is 0 Å². The second-order valence-corrected chi connectivity index (χ2v) is 6.37. The molecule has 4 nitrogen and oxygen atoms in total. The monoisotopic (exact) mass is 319 g/mol. The van der Waals surface area contributed by atoms with E-state index in [9.17, 15) is 4.79 Å². The fraction of sp³-hybridized carbons (Fsp3) is 0.545. The van der Waals surface area contributed by atoms with Crippen molar-refractivity contribution in [3.05, 3.63) is 20.8 Å². The van der Waals surface area contributed by atoms with Gasteiger partial charge in [0.05, 0.1) is 34.7 Å². The van der Waals surface area contributed by atoms with E-state index in [-0.39, 0.29) is 24.7 Å². The third-order valence-corrected chi connectivity index (χ3v) is 4.29. The summed E-state index contributed by atoms with van der Waals surface area (Å²) in [6, 6.07) is 1.87. The molecule has 0 bridgehead atoms. The van der Waals surface area contributed by atoms with Gasteiger partial charge in [0.25, 0.3) is 5.91 Å². The number of halogens is 1. The van der Waals surface area contributed by atoms with Gasteiger partial charge in [-0.1, -0.05) is 0 Å². The summed E-state index contributed by atoms with van der Waals surface area (Å²) in [7, 11) is 0. The molecule has 1 aromatic rings. The Bertz CT molecular complexity index is 409. The van der Waals surface area contributed by atoms with Crippen LogP contribution in [0.1, 0.15) is 17.3 Å². The molecule has 1 aliphatic heterocycles. The van der Waals surface area contributed by atoms with Crippen LogP contribution in [0.15, 0.2) is 15.2 Å². The fourth-order valence-corrected chi connectivity index (χ4v) is 2.93. The summed E-state index contributed by atoms with van der Waals surface area (Å²) in [6.07, 6.45) is -0.266. The van der Waals surface area contributed by atoms with E-state index in [4.69, 9.17) is 9.84 Å². The molecule has 2 atom stereocenters. The zero-order valence-electron chi connectivity index (χ0n) is 9.43. The molecule has 17 heavy (non-hydrogen) atoms. The van der Waals surface area contributed by atoms with E-state index in [1.54, 1.807) is 4.90 Å². The second kappa shape index (κ2) is 5.48. The van der Waals surface area contributed by atoms with Crippen LogP contribution in [0, 0.1) is 0 Å². The predicted molar refractivity (Wildman–Crippen MR) is 69.3 cm³/mol. The number of amides is 1. The van der Waals surface area contributed by atoms with Gasteiger partial charge in [0.2, 0.25) is 0 Å². The molecule has 1 N–H and O–H groups in total. The predicted octanol–water partition coefficient (Wildman–Crippen LogP) is 1.73. The Morgan fingerprint density at radius 1 is 1.76 bits per heavy atom. The molecule has 2 unspecified atom stereocenters. The van der Waals surface area contributed by atoms with E-state index >= 15 is 0 Å². The normalized spacial score (nSPS) is 25.0. The van der Waals surface area contributed by atoms with Crippen molar-refractivity contribution in [3.63, 3.8) is 0 Å². The van der Waals surface area contributed by atoms with E-state index in [2.05, 4.69) is 15.9 Å². The van der Waals surface area contributed by atoms with Gasteiger partial charge in [-0.15, -0.1) is 11.3 Å². The molecule has 1 aromatic heterocycles. The Morgan fingerprint density at radius 2 is 2.53 bits per heavy atom. The highest BCUT2D eigenvalue weighted by molar-refractivity contribution is 9.11. The van der Waals surface area contributed by atoms with Crippen molar-refractivity contribution in [1.29, 1.82) is 0 Å². The second-order valence-electron chi connectivity index (χ2n) is 4.08. The summed E-state index contributed by atoms with van der Waals surface area (Å²) >= 11 is 4.84. The van der Waals surface area contributed by atoms with Gasteiger partial charge in [0.15, 0.2) is 0 Å². The minimum absolute atomic E-state index is 0.00111. The van der Waals surface area contributed by atoms with Crippen LogP contribution in [-0.4, -0.2) is 47.8 Å². The molecule has 1 fully saturated rings. The number of morpholine rings is 1. The summed E-state index contributed by atoms with van der Waals surface area (Å²) < 4.78 is 6.36. The molecule has 0 spiro atoms. The van der Waals surface area contributed by atoms with Gasteiger partial charge in [0, 0.05) is 11.9 Å². The number of rotatable bonds is 2. The first kappa shape index (κ1) is 13.0. The summed E-state index contributed by atoms with van der Waals surface area (Å²) in [5.41, 5.74) is 0.687. The molecule has 0 aromatic carbocycles. The average molecular weight is 320 g/mol. The van der Waals surface area contributed by atoms with Crippen LogP contribution in [0.5, 0.6) is 0 Å². The van der Waals surface area contributed by atoms with Crippen molar-refractivity contribution in [2.24, 2.45) is 0 Å². The van der Waals surface area contributed by atoms with Crippen LogP contribution < -0.4 is 0 Å². The summed E-state index contributed by atoms with van der Waals surface area (Å²) in [4.78, 5) is 14.0. The highest BCUT2D eigenvalue weighted by Crippen LogP contribution is 2.23. The fourth-order valence-electron chi connectivity index (χ4n) is 1.80. The van der Waals surface area contributed by atoms with Crippen molar-refractivity contribution in [2.45, 2.75) is 19.1 Å². The van der Waals surface area contributed by atoms with Crippen molar-refractivity contribution >= 4 is 33.2 Å². The van der Waals surface area contributed by atoms with E-state index < -0.39 is 0 Å². The lowest BCUT2D eigenvalue weighted by Crippen LogP contribution is -2.51. The molecule has 0 aliphatic carbocycles. The molecule has 0 radical (unpaired) electrons. The van der Waals surface area contributed by atoms with E-state index in [1.807, 2.05) is 18.4 Å². The van der Waals surface area contributed by atoms with Gasteiger partial charge < -0.3 is 14.7 Å². The number of nitrogens with zero attached hydrogens (tertiary/aromatic N) is 1. The largest absolute Gasteiger partial charge is 0.394 e. The Morgan fingerprint density at radius 3 is 3.12 bits per heavy atom. The smallest absolute Gasteiger partial charge is 0.255 e. The third kappa shape index (κ3) is 2.88.